The van der Waals surface area contributed by atoms with Gasteiger partial charge in [-0.25, -0.2) is 5.01 Å². The van der Waals surface area contributed by atoms with Crippen LogP contribution >= 0.6 is 0 Å². The van der Waals surface area contributed by atoms with Gasteiger partial charge in [-0.05, 0) is 5.56 Å². The van der Waals surface area contributed by atoms with E-state index >= 15 is 0 Å². The third-order valence-corrected chi connectivity index (χ3v) is 2.92. The SMILES string of the molecule is CN(C(=O)Cc1ccccc1)N1C=NN(CC(=O)O)C1. The van der Waals surface area contributed by atoms with Gasteiger partial charge in [0.2, 0.25) is 5.91 Å². The summed E-state index contributed by atoms with van der Waals surface area (Å²) in [5, 5.41) is 17.0. The Labute approximate surface area is 116 Å². The maximum atomic E-state index is 12.1. The van der Waals surface area contributed by atoms with Crippen molar-refractivity contribution in [3.63, 3.8) is 0 Å². The predicted molar refractivity (Wildman–Crippen MR) is 72.5 cm³/mol. The molecule has 20 heavy (non-hydrogen) atoms. The van der Waals surface area contributed by atoms with Gasteiger partial charge in [0, 0.05) is 7.05 Å². The summed E-state index contributed by atoms with van der Waals surface area (Å²) >= 11 is 0. The molecule has 1 aliphatic heterocycles. The molecule has 0 saturated heterocycles. The van der Waals surface area contributed by atoms with E-state index < -0.39 is 5.97 Å². The highest BCUT2D eigenvalue weighted by Gasteiger charge is 2.22. The van der Waals surface area contributed by atoms with Crippen LogP contribution in [-0.4, -0.2) is 58.6 Å². The van der Waals surface area contributed by atoms with E-state index in [1.807, 2.05) is 30.3 Å². The lowest BCUT2D eigenvalue weighted by Gasteiger charge is -2.27. The van der Waals surface area contributed by atoms with E-state index in [1.54, 1.807) is 12.1 Å². The summed E-state index contributed by atoms with van der Waals surface area (Å²) in [7, 11) is 1.64. The van der Waals surface area contributed by atoms with Gasteiger partial charge in [0.25, 0.3) is 0 Å². The molecule has 0 aliphatic carbocycles. The Morgan fingerprint density at radius 3 is 2.70 bits per heavy atom. The van der Waals surface area contributed by atoms with Crippen LogP contribution in [0.5, 0.6) is 0 Å². The zero-order valence-electron chi connectivity index (χ0n) is 11.1. The number of carboxylic acids is 1. The molecule has 0 fully saturated rings. The molecule has 1 aromatic rings. The average molecular weight is 276 g/mol. The fourth-order valence-corrected chi connectivity index (χ4v) is 1.82. The normalized spacial score (nSPS) is 13.7. The number of rotatable bonds is 5. The van der Waals surface area contributed by atoms with Crippen molar-refractivity contribution in [1.29, 1.82) is 0 Å². The van der Waals surface area contributed by atoms with E-state index in [1.165, 1.54) is 16.4 Å². The highest BCUT2D eigenvalue weighted by Crippen LogP contribution is 2.07. The number of amides is 1. The maximum absolute atomic E-state index is 12.1. The first-order valence-corrected chi connectivity index (χ1v) is 6.14. The van der Waals surface area contributed by atoms with Crippen molar-refractivity contribution in [1.82, 2.24) is 15.0 Å². The van der Waals surface area contributed by atoms with Crippen molar-refractivity contribution in [3.8, 4) is 0 Å². The van der Waals surface area contributed by atoms with Crippen molar-refractivity contribution in [2.45, 2.75) is 6.42 Å². The number of carbonyl (C=O) groups is 2. The van der Waals surface area contributed by atoms with Crippen LogP contribution in [-0.2, 0) is 16.0 Å². The lowest BCUT2D eigenvalue weighted by Crippen LogP contribution is -2.44. The Hall–Kier alpha value is -2.57. The summed E-state index contributed by atoms with van der Waals surface area (Å²) in [6.07, 6.45) is 1.74. The first kappa shape index (κ1) is 13.9. The molecule has 0 bridgehead atoms. The van der Waals surface area contributed by atoms with Crippen molar-refractivity contribution in [2.24, 2.45) is 5.10 Å². The van der Waals surface area contributed by atoms with Gasteiger partial charge in [-0.2, -0.15) is 5.10 Å². The van der Waals surface area contributed by atoms with Crippen molar-refractivity contribution in [2.75, 3.05) is 20.3 Å². The minimum Gasteiger partial charge on any atom is -0.480 e. The molecular weight excluding hydrogens is 260 g/mol. The molecule has 1 aromatic carbocycles. The second kappa shape index (κ2) is 6.05. The van der Waals surface area contributed by atoms with Gasteiger partial charge >= 0.3 is 5.97 Å². The standard InChI is InChI=1S/C13H16N4O3/c1-15(12(18)7-11-5-3-2-4-6-11)17-9-14-16(10-17)8-13(19)20/h2-6,9H,7-8,10H2,1H3,(H,19,20). The van der Waals surface area contributed by atoms with Gasteiger partial charge in [-0.3, -0.25) is 19.6 Å². The third kappa shape index (κ3) is 3.47. The number of aliphatic carboxylic acids is 1. The number of hydrazone groups is 1. The summed E-state index contributed by atoms with van der Waals surface area (Å²) in [6, 6.07) is 9.44. The predicted octanol–water partition coefficient (Wildman–Crippen LogP) is 0.205. The Kier molecular flexibility index (Phi) is 4.19. The van der Waals surface area contributed by atoms with E-state index in [9.17, 15) is 9.59 Å². The maximum Gasteiger partial charge on any atom is 0.324 e. The van der Waals surface area contributed by atoms with Crippen LogP contribution in [0.15, 0.2) is 35.4 Å². The van der Waals surface area contributed by atoms with E-state index in [0.29, 0.717) is 6.42 Å². The van der Waals surface area contributed by atoms with Crippen LogP contribution in [0.3, 0.4) is 0 Å². The molecule has 0 spiro atoms. The molecule has 1 amide bonds. The molecule has 7 nitrogen and oxygen atoms in total. The Morgan fingerprint density at radius 1 is 1.35 bits per heavy atom. The first-order chi connectivity index (χ1) is 9.56. The van der Waals surface area contributed by atoms with E-state index in [-0.39, 0.29) is 19.1 Å². The number of likely N-dealkylation sites (N-methyl/N-ethyl adjacent to an activating group) is 1. The lowest BCUT2D eigenvalue weighted by molar-refractivity contribution is -0.141. The minimum atomic E-state index is -0.956. The van der Waals surface area contributed by atoms with E-state index in [2.05, 4.69) is 5.10 Å². The summed E-state index contributed by atoms with van der Waals surface area (Å²) in [5.41, 5.74) is 0.933. The molecule has 106 valence electrons. The van der Waals surface area contributed by atoms with Crippen LogP contribution in [0.25, 0.3) is 0 Å². The smallest absolute Gasteiger partial charge is 0.324 e. The highest BCUT2D eigenvalue weighted by molar-refractivity contribution is 5.79. The molecule has 1 heterocycles. The molecule has 7 heteroatoms. The average Bonchev–Trinajstić information content (AvgIpc) is 2.86. The van der Waals surface area contributed by atoms with Crippen LogP contribution in [0.4, 0.5) is 0 Å². The Balaban J connectivity index is 1.89. The van der Waals surface area contributed by atoms with Gasteiger partial charge in [-0.1, -0.05) is 30.3 Å². The number of hydrazine groups is 1. The van der Waals surface area contributed by atoms with Crippen molar-refractivity contribution >= 4 is 18.2 Å². The minimum absolute atomic E-state index is 0.0835. The fraction of sp³-hybridized carbons (Fsp3) is 0.308. The second-order valence-corrected chi connectivity index (χ2v) is 4.45. The molecule has 1 N–H and O–H groups in total. The number of nitrogens with zero attached hydrogens (tertiary/aromatic N) is 4. The monoisotopic (exact) mass is 276 g/mol. The topological polar surface area (TPSA) is 76.5 Å². The summed E-state index contributed by atoms with van der Waals surface area (Å²) < 4.78 is 0. The lowest BCUT2D eigenvalue weighted by atomic mass is 10.1. The van der Waals surface area contributed by atoms with E-state index in [4.69, 9.17) is 5.11 Å². The quantitative estimate of drug-likeness (QED) is 0.831. The van der Waals surface area contributed by atoms with Crippen LogP contribution in [0.1, 0.15) is 5.56 Å². The molecule has 0 unspecified atom stereocenters. The molecule has 0 radical (unpaired) electrons. The first-order valence-electron chi connectivity index (χ1n) is 6.14. The summed E-state index contributed by atoms with van der Waals surface area (Å²) in [6.45, 7) is 0.0665. The van der Waals surface area contributed by atoms with Gasteiger partial charge in [0.1, 0.15) is 19.6 Å². The van der Waals surface area contributed by atoms with Gasteiger partial charge in [-0.15, -0.1) is 0 Å². The van der Waals surface area contributed by atoms with Crippen molar-refractivity contribution in [3.05, 3.63) is 35.9 Å². The Bertz CT molecular complexity index is 518. The van der Waals surface area contributed by atoms with Crippen LogP contribution < -0.4 is 0 Å². The molecule has 2 rings (SSSR count). The van der Waals surface area contributed by atoms with Crippen molar-refractivity contribution < 1.29 is 14.7 Å². The highest BCUT2D eigenvalue weighted by atomic mass is 16.4. The van der Waals surface area contributed by atoms with Gasteiger partial charge in [0.05, 0.1) is 6.42 Å². The number of benzene rings is 1. The second-order valence-electron chi connectivity index (χ2n) is 4.45. The van der Waals surface area contributed by atoms with Crippen LogP contribution in [0, 0.1) is 0 Å². The third-order valence-electron chi connectivity index (χ3n) is 2.92. The number of carbonyl (C=O) groups excluding carboxylic acids is 1. The van der Waals surface area contributed by atoms with E-state index in [0.717, 1.165) is 5.56 Å². The molecule has 0 atom stereocenters. The molecule has 0 aromatic heterocycles. The fourth-order valence-electron chi connectivity index (χ4n) is 1.82. The number of hydrogen-bond donors (Lipinski definition) is 1. The van der Waals surface area contributed by atoms with Crippen LogP contribution in [0.2, 0.25) is 0 Å². The number of hydrogen-bond acceptors (Lipinski definition) is 5. The number of carboxylic acid groups (broad SMARTS) is 1. The zero-order chi connectivity index (χ0) is 14.5. The van der Waals surface area contributed by atoms with Gasteiger partial charge in [0.15, 0.2) is 0 Å². The zero-order valence-corrected chi connectivity index (χ0v) is 11.1. The largest absolute Gasteiger partial charge is 0.480 e. The molecule has 1 aliphatic rings. The summed E-state index contributed by atoms with van der Waals surface area (Å²) in [5.74, 6) is -1.04. The molecular formula is C13H16N4O3. The molecule has 0 saturated carbocycles. The van der Waals surface area contributed by atoms with Gasteiger partial charge < -0.3 is 5.11 Å². The summed E-state index contributed by atoms with van der Waals surface area (Å²) in [4.78, 5) is 22.7. The Morgan fingerprint density at radius 2 is 2.05 bits per heavy atom.